The van der Waals surface area contributed by atoms with Gasteiger partial charge in [-0.1, -0.05) is 19.3 Å². The summed E-state index contributed by atoms with van der Waals surface area (Å²) in [5, 5.41) is 20.2. The van der Waals surface area contributed by atoms with Crippen molar-refractivity contribution in [1.82, 2.24) is 4.90 Å². The van der Waals surface area contributed by atoms with Gasteiger partial charge in [0.2, 0.25) is 0 Å². The predicted molar refractivity (Wildman–Crippen MR) is 64.3 cm³/mol. The molecule has 2 aliphatic rings. The van der Waals surface area contributed by atoms with Gasteiger partial charge in [-0.3, -0.25) is 0 Å². The summed E-state index contributed by atoms with van der Waals surface area (Å²) in [6.45, 7) is 1.43. The van der Waals surface area contributed by atoms with Crippen molar-refractivity contribution < 1.29 is 10.2 Å². The van der Waals surface area contributed by atoms with E-state index < -0.39 is 5.60 Å². The minimum atomic E-state index is -0.490. The minimum Gasteiger partial charge on any atom is -0.392 e. The molecule has 2 N–H and O–H groups in total. The molecule has 1 atom stereocenters. The molecule has 1 unspecified atom stereocenters. The Hall–Kier alpha value is -0.120. The SMILES string of the molecule is CN(CC(O)C1CC1)CC1(O)CCCCC1. The van der Waals surface area contributed by atoms with Gasteiger partial charge < -0.3 is 15.1 Å². The molecule has 0 aliphatic heterocycles. The second-order valence-electron chi connectivity index (χ2n) is 5.89. The highest BCUT2D eigenvalue weighted by Crippen LogP contribution is 2.33. The molecule has 3 heteroatoms. The van der Waals surface area contributed by atoms with Gasteiger partial charge in [0, 0.05) is 13.1 Å². The standard InChI is InChI=1S/C13H25NO2/c1-14(9-12(15)11-5-6-11)10-13(16)7-3-2-4-8-13/h11-12,15-16H,2-10H2,1H3. The lowest BCUT2D eigenvalue weighted by atomic mass is 9.84. The minimum absolute atomic E-state index is 0.183. The molecule has 0 aromatic rings. The summed E-state index contributed by atoms with van der Waals surface area (Å²) in [7, 11) is 2.01. The summed E-state index contributed by atoms with van der Waals surface area (Å²) in [6, 6.07) is 0. The first-order valence-corrected chi connectivity index (χ1v) is 6.68. The first kappa shape index (κ1) is 12.3. The van der Waals surface area contributed by atoms with Crippen LogP contribution in [0.2, 0.25) is 0 Å². The van der Waals surface area contributed by atoms with Gasteiger partial charge in [-0.05, 0) is 38.6 Å². The maximum absolute atomic E-state index is 10.4. The summed E-state index contributed by atoms with van der Waals surface area (Å²) in [5.41, 5.74) is -0.490. The van der Waals surface area contributed by atoms with Crippen LogP contribution in [-0.4, -0.2) is 47.0 Å². The molecule has 0 saturated heterocycles. The van der Waals surface area contributed by atoms with E-state index in [0.29, 0.717) is 12.5 Å². The highest BCUT2D eigenvalue weighted by atomic mass is 16.3. The summed E-state index contributed by atoms with van der Waals surface area (Å²) in [5.74, 6) is 0.531. The maximum atomic E-state index is 10.4. The third-order valence-corrected chi connectivity index (χ3v) is 4.01. The van der Waals surface area contributed by atoms with Crippen LogP contribution < -0.4 is 0 Å². The molecule has 0 aromatic heterocycles. The molecule has 3 nitrogen and oxygen atoms in total. The number of nitrogens with zero attached hydrogens (tertiary/aromatic N) is 1. The van der Waals surface area contributed by atoms with Gasteiger partial charge in [0.05, 0.1) is 11.7 Å². The molecule has 2 fully saturated rings. The molecule has 2 saturated carbocycles. The van der Waals surface area contributed by atoms with Gasteiger partial charge in [0.1, 0.15) is 0 Å². The van der Waals surface area contributed by atoms with Crippen molar-refractivity contribution in [1.29, 1.82) is 0 Å². The number of hydrogen-bond donors (Lipinski definition) is 2. The van der Waals surface area contributed by atoms with Crippen LogP contribution in [0.15, 0.2) is 0 Å². The topological polar surface area (TPSA) is 43.7 Å². The molecular formula is C13H25NO2. The molecule has 0 spiro atoms. The van der Waals surface area contributed by atoms with Gasteiger partial charge >= 0.3 is 0 Å². The molecule has 2 aliphatic carbocycles. The molecule has 0 aromatic carbocycles. The Kier molecular flexibility index (Phi) is 3.88. The van der Waals surface area contributed by atoms with Crippen LogP contribution in [-0.2, 0) is 0 Å². The summed E-state index contributed by atoms with van der Waals surface area (Å²) >= 11 is 0. The van der Waals surface area contributed by atoms with Crippen LogP contribution in [0.1, 0.15) is 44.9 Å². The van der Waals surface area contributed by atoms with E-state index >= 15 is 0 Å². The fourth-order valence-electron chi connectivity index (χ4n) is 2.88. The van der Waals surface area contributed by atoms with E-state index in [9.17, 15) is 10.2 Å². The summed E-state index contributed by atoms with van der Waals surface area (Å²) < 4.78 is 0. The predicted octanol–water partition coefficient (Wildman–Crippen LogP) is 1.38. The zero-order valence-corrected chi connectivity index (χ0v) is 10.4. The zero-order valence-electron chi connectivity index (χ0n) is 10.4. The first-order chi connectivity index (χ1) is 7.59. The number of aliphatic hydroxyl groups is 2. The van der Waals surface area contributed by atoms with Crippen molar-refractivity contribution in [3.05, 3.63) is 0 Å². The van der Waals surface area contributed by atoms with Crippen molar-refractivity contribution in [2.24, 2.45) is 5.92 Å². The molecule has 0 bridgehead atoms. The van der Waals surface area contributed by atoms with E-state index in [1.807, 2.05) is 7.05 Å². The average Bonchev–Trinajstić information content (AvgIpc) is 3.00. The Labute approximate surface area is 98.5 Å². The smallest absolute Gasteiger partial charge is 0.0774 e. The van der Waals surface area contributed by atoms with E-state index in [1.54, 1.807) is 0 Å². The largest absolute Gasteiger partial charge is 0.392 e. The van der Waals surface area contributed by atoms with E-state index in [-0.39, 0.29) is 6.10 Å². The number of hydrogen-bond acceptors (Lipinski definition) is 3. The lowest BCUT2D eigenvalue weighted by molar-refractivity contribution is -0.0292. The molecule has 94 valence electrons. The van der Waals surface area contributed by atoms with Gasteiger partial charge in [0.15, 0.2) is 0 Å². The molecule has 0 amide bonds. The summed E-state index contributed by atoms with van der Waals surface area (Å²) in [6.07, 6.45) is 7.59. The van der Waals surface area contributed by atoms with Crippen molar-refractivity contribution in [2.45, 2.75) is 56.7 Å². The lowest BCUT2D eigenvalue weighted by Gasteiger charge is -2.36. The van der Waals surface area contributed by atoms with Crippen LogP contribution in [0, 0.1) is 5.92 Å². The number of aliphatic hydroxyl groups excluding tert-OH is 1. The van der Waals surface area contributed by atoms with Crippen LogP contribution in [0.5, 0.6) is 0 Å². The fraction of sp³-hybridized carbons (Fsp3) is 1.00. The van der Waals surface area contributed by atoms with E-state index in [0.717, 1.165) is 32.2 Å². The third-order valence-electron chi connectivity index (χ3n) is 4.01. The summed E-state index contributed by atoms with van der Waals surface area (Å²) in [4.78, 5) is 2.11. The van der Waals surface area contributed by atoms with Crippen LogP contribution in [0.25, 0.3) is 0 Å². The van der Waals surface area contributed by atoms with Crippen LogP contribution >= 0.6 is 0 Å². The van der Waals surface area contributed by atoms with E-state index in [2.05, 4.69) is 4.90 Å². The van der Waals surface area contributed by atoms with Gasteiger partial charge in [-0.15, -0.1) is 0 Å². The molecule has 16 heavy (non-hydrogen) atoms. The molecule has 0 radical (unpaired) electrons. The zero-order chi connectivity index (χ0) is 11.6. The van der Waals surface area contributed by atoms with Crippen molar-refractivity contribution >= 4 is 0 Å². The highest BCUT2D eigenvalue weighted by Gasteiger charge is 2.33. The molecule has 2 rings (SSSR count). The highest BCUT2D eigenvalue weighted by molar-refractivity contribution is 4.87. The normalized spacial score (nSPS) is 27.0. The Morgan fingerprint density at radius 2 is 1.88 bits per heavy atom. The Morgan fingerprint density at radius 1 is 1.25 bits per heavy atom. The van der Waals surface area contributed by atoms with Gasteiger partial charge in [-0.2, -0.15) is 0 Å². The lowest BCUT2D eigenvalue weighted by Crippen LogP contribution is -2.45. The van der Waals surface area contributed by atoms with Crippen LogP contribution in [0.4, 0.5) is 0 Å². The monoisotopic (exact) mass is 227 g/mol. The second kappa shape index (κ2) is 5.03. The van der Waals surface area contributed by atoms with E-state index in [1.165, 1.54) is 19.3 Å². The van der Waals surface area contributed by atoms with Crippen molar-refractivity contribution in [2.75, 3.05) is 20.1 Å². The third kappa shape index (κ3) is 3.44. The quantitative estimate of drug-likeness (QED) is 0.746. The van der Waals surface area contributed by atoms with Crippen molar-refractivity contribution in [3.8, 4) is 0 Å². The van der Waals surface area contributed by atoms with Gasteiger partial charge in [0.25, 0.3) is 0 Å². The van der Waals surface area contributed by atoms with Gasteiger partial charge in [-0.25, -0.2) is 0 Å². The second-order valence-corrected chi connectivity index (χ2v) is 5.89. The maximum Gasteiger partial charge on any atom is 0.0774 e. The van der Waals surface area contributed by atoms with E-state index in [4.69, 9.17) is 0 Å². The van der Waals surface area contributed by atoms with Crippen LogP contribution in [0.3, 0.4) is 0 Å². The Bertz CT molecular complexity index is 222. The molecule has 0 heterocycles. The fourth-order valence-corrected chi connectivity index (χ4v) is 2.88. The molecular weight excluding hydrogens is 202 g/mol. The Morgan fingerprint density at radius 3 is 2.44 bits per heavy atom. The number of rotatable bonds is 5. The number of likely N-dealkylation sites (N-methyl/N-ethyl adjacent to an activating group) is 1. The first-order valence-electron chi connectivity index (χ1n) is 6.68. The van der Waals surface area contributed by atoms with Crippen molar-refractivity contribution in [3.63, 3.8) is 0 Å². The average molecular weight is 227 g/mol. The Balaban J connectivity index is 1.74.